The molecule has 0 aliphatic heterocycles. The first-order valence-corrected chi connectivity index (χ1v) is 6.74. The molecule has 20 heavy (non-hydrogen) atoms. The van der Waals surface area contributed by atoms with Gasteiger partial charge in [0, 0.05) is 13.1 Å². The number of carbonyl (C=O) groups excluding carboxylic acids is 2. The number of nitrogens with two attached hydrogens (primary N) is 1. The van der Waals surface area contributed by atoms with Gasteiger partial charge in [-0.05, 0) is 19.8 Å². The van der Waals surface area contributed by atoms with Gasteiger partial charge < -0.3 is 16.4 Å². The van der Waals surface area contributed by atoms with Crippen LogP contribution in [0.4, 0.5) is 5.69 Å². The number of amides is 2. The van der Waals surface area contributed by atoms with E-state index in [-0.39, 0.29) is 18.4 Å². The molecule has 0 atom stereocenters. The number of rotatable bonds is 6. The van der Waals surface area contributed by atoms with Crippen LogP contribution in [0.2, 0.25) is 0 Å². The Balaban J connectivity index is 2.61. The van der Waals surface area contributed by atoms with E-state index in [9.17, 15) is 9.59 Å². The van der Waals surface area contributed by atoms with E-state index in [0.29, 0.717) is 36.1 Å². The van der Waals surface area contributed by atoms with Gasteiger partial charge in [0.25, 0.3) is 5.91 Å². The summed E-state index contributed by atoms with van der Waals surface area (Å²) in [6.45, 7) is 8.68. The van der Waals surface area contributed by atoms with Gasteiger partial charge in [-0.2, -0.15) is 5.10 Å². The van der Waals surface area contributed by atoms with Crippen molar-refractivity contribution in [3.63, 3.8) is 0 Å². The standard InChI is InChI=1S/C13H23N5O2/c1-5-18-12(11(14)9(4)17-18)13(20)16-7-10(19)15-6-8(2)3/h8H,5-7,14H2,1-4H3,(H,15,19)(H,16,20). The first-order valence-electron chi connectivity index (χ1n) is 6.74. The summed E-state index contributed by atoms with van der Waals surface area (Å²) in [7, 11) is 0. The molecule has 0 saturated heterocycles. The SMILES string of the molecule is CCn1nc(C)c(N)c1C(=O)NCC(=O)NCC(C)C. The van der Waals surface area contributed by atoms with Crippen molar-refractivity contribution in [3.05, 3.63) is 11.4 Å². The lowest BCUT2D eigenvalue weighted by molar-refractivity contribution is -0.120. The van der Waals surface area contributed by atoms with E-state index < -0.39 is 0 Å². The third kappa shape index (κ3) is 3.97. The van der Waals surface area contributed by atoms with Crippen molar-refractivity contribution in [3.8, 4) is 0 Å². The normalized spacial score (nSPS) is 10.7. The largest absolute Gasteiger partial charge is 0.395 e. The van der Waals surface area contributed by atoms with Gasteiger partial charge in [0.05, 0.1) is 17.9 Å². The second-order valence-corrected chi connectivity index (χ2v) is 5.04. The van der Waals surface area contributed by atoms with Crippen molar-refractivity contribution in [1.82, 2.24) is 20.4 Å². The molecule has 0 bridgehead atoms. The number of nitrogens with one attached hydrogen (secondary N) is 2. The van der Waals surface area contributed by atoms with Crippen molar-refractivity contribution in [1.29, 1.82) is 0 Å². The van der Waals surface area contributed by atoms with Gasteiger partial charge in [-0.1, -0.05) is 13.8 Å². The fraction of sp³-hybridized carbons (Fsp3) is 0.615. The molecule has 0 spiro atoms. The quantitative estimate of drug-likeness (QED) is 0.697. The number of anilines is 1. The molecule has 0 saturated carbocycles. The first kappa shape index (κ1) is 16.0. The van der Waals surface area contributed by atoms with Gasteiger partial charge in [0.1, 0.15) is 5.69 Å². The molecule has 7 nitrogen and oxygen atoms in total. The molecule has 4 N–H and O–H groups in total. The van der Waals surface area contributed by atoms with Crippen molar-refractivity contribution in [2.45, 2.75) is 34.2 Å². The summed E-state index contributed by atoms with van der Waals surface area (Å²) in [5, 5.41) is 9.46. The minimum Gasteiger partial charge on any atom is -0.395 e. The zero-order valence-corrected chi connectivity index (χ0v) is 12.5. The molecule has 0 aliphatic rings. The molecule has 112 valence electrons. The minimum absolute atomic E-state index is 0.0705. The second-order valence-electron chi connectivity index (χ2n) is 5.04. The Morgan fingerprint density at radius 2 is 2.00 bits per heavy atom. The molecule has 1 aromatic rings. The van der Waals surface area contributed by atoms with Crippen LogP contribution in [0.1, 0.15) is 37.0 Å². The Kier molecular flexibility index (Phi) is 5.54. The molecular formula is C13H23N5O2. The number of nitrogen functional groups attached to an aromatic ring is 1. The van der Waals surface area contributed by atoms with E-state index in [1.165, 1.54) is 4.68 Å². The monoisotopic (exact) mass is 281 g/mol. The maximum absolute atomic E-state index is 12.1. The smallest absolute Gasteiger partial charge is 0.272 e. The van der Waals surface area contributed by atoms with E-state index >= 15 is 0 Å². The fourth-order valence-electron chi connectivity index (χ4n) is 1.69. The van der Waals surface area contributed by atoms with Gasteiger partial charge >= 0.3 is 0 Å². The average Bonchev–Trinajstić information content (AvgIpc) is 2.69. The summed E-state index contributed by atoms with van der Waals surface area (Å²) < 4.78 is 1.53. The number of hydrogen-bond acceptors (Lipinski definition) is 4. The van der Waals surface area contributed by atoms with Crippen LogP contribution in [-0.4, -0.2) is 34.7 Å². The second kappa shape index (κ2) is 6.93. The van der Waals surface area contributed by atoms with Crippen LogP contribution in [-0.2, 0) is 11.3 Å². The van der Waals surface area contributed by atoms with Crippen molar-refractivity contribution >= 4 is 17.5 Å². The van der Waals surface area contributed by atoms with Crippen LogP contribution in [0.25, 0.3) is 0 Å². The van der Waals surface area contributed by atoms with Crippen LogP contribution in [0.5, 0.6) is 0 Å². The molecule has 0 unspecified atom stereocenters. The highest BCUT2D eigenvalue weighted by molar-refractivity contribution is 5.99. The van der Waals surface area contributed by atoms with E-state index in [4.69, 9.17) is 5.73 Å². The van der Waals surface area contributed by atoms with Gasteiger partial charge in [0.2, 0.25) is 5.91 Å². The third-order valence-electron chi connectivity index (χ3n) is 2.81. The number of aromatic nitrogens is 2. The predicted molar refractivity (Wildman–Crippen MR) is 77.2 cm³/mol. The van der Waals surface area contributed by atoms with Crippen LogP contribution < -0.4 is 16.4 Å². The van der Waals surface area contributed by atoms with Gasteiger partial charge in [-0.15, -0.1) is 0 Å². The van der Waals surface area contributed by atoms with Crippen molar-refractivity contribution in [2.75, 3.05) is 18.8 Å². The molecule has 1 aromatic heterocycles. The molecular weight excluding hydrogens is 258 g/mol. The number of hydrogen-bond donors (Lipinski definition) is 3. The van der Waals surface area contributed by atoms with E-state index in [1.807, 2.05) is 20.8 Å². The van der Waals surface area contributed by atoms with E-state index in [0.717, 1.165) is 0 Å². The zero-order chi connectivity index (χ0) is 15.3. The highest BCUT2D eigenvalue weighted by Crippen LogP contribution is 2.15. The molecule has 1 heterocycles. The Labute approximate surface area is 118 Å². The summed E-state index contributed by atoms with van der Waals surface area (Å²) >= 11 is 0. The maximum atomic E-state index is 12.1. The van der Waals surface area contributed by atoms with Crippen molar-refractivity contribution < 1.29 is 9.59 Å². The van der Waals surface area contributed by atoms with Gasteiger partial charge in [0.15, 0.2) is 0 Å². The van der Waals surface area contributed by atoms with E-state index in [1.54, 1.807) is 6.92 Å². The highest BCUT2D eigenvalue weighted by atomic mass is 16.2. The topological polar surface area (TPSA) is 102 Å². The van der Waals surface area contributed by atoms with Crippen LogP contribution in [0.15, 0.2) is 0 Å². The highest BCUT2D eigenvalue weighted by Gasteiger charge is 2.19. The molecule has 2 amide bonds. The Morgan fingerprint density at radius 3 is 2.55 bits per heavy atom. The first-order chi connectivity index (χ1) is 9.36. The van der Waals surface area contributed by atoms with Crippen molar-refractivity contribution in [2.24, 2.45) is 5.92 Å². The summed E-state index contributed by atoms with van der Waals surface area (Å²) in [6.07, 6.45) is 0. The summed E-state index contributed by atoms with van der Waals surface area (Å²) in [6, 6.07) is 0. The molecule has 0 aliphatic carbocycles. The number of carbonyl (C=O) groups is 2. The number of nitrogens with zero attached hydrogens (tertiary/aromatic N) is 2. The molecule has 0 fully saturated rings. The Morgan fingerprint density at radius 1 is 1.35 bits per heavy atom. The maximum Gasteiger partial charge on any atom is 0.272 e. The summed E-state index contributed by atoms with van der Waals surface area (Å²) in [5.41, 5.74) is 7.11. The Hall–Kier alpha value is -2.05. The lowest BCUT2D eigenvalue weighted by Crippen LogP contribution is -2.39. The average molecular weight is 281 g/mol. The third-order valence-corrected chi connectivity index (χ3v) is 2.81. The molecule has 1 rings (SSSR count). The molecule has 7 heteroatoms. The number of aryl methyl sites for hydroxylation is 2. The van der Waals surface area contributed by atoms with Crippen LogP contribution in [0.3, 0.4) is 0 Å². The lowest BCUT2D eigenvalue weighted by Gasteiger charge is -2.09. The van der Waals surface area contributed by atoms with Crippen LogP contribution in [0, 0.1) is 12.8 Å². The lowest BCUT2D eigenvalue weighted by atomic mass is 10.2. The zero-order valence-electron chi connectivity index (χ0n) is 12.5. The van der Waals surface area contributed by atoms with Gasteiger partial charge in [-0.25, -0.2) is 0 Å². The predicted octanol–water partition coefficient (Wildman–Crippen LogP) is 0.296. The fourth-order valence-corrected chi connectivity index (χ4v) is 1.69. The Bertz CT molecular complexity index is 493. The molecule has 0 aromatic carbocycles. The van der Waals surface area contributed by atoms with E-state index in [2.05, 4.69) is 15.7 Å². The van der Waals surface area contributed by atoms with Gasteiger partial charge in [-0.3, -0.25) is 14.3 Å². The van der Waals surface area contributed by atoms with Crippen LogP contribution >= 0.6 is 0 Å². The summed E-state index contributed by atoms with van der Waals surface area (Å²) in [5.74, 6) is -0.232. The molecule has 0 radical (unpaired) electrons. The minimum atomic E-state index is -0.385. The summed E-state index contributed by atoms with van der Waals surface area (Å²) in [4.78, 5) is 23.6.